The minimum absolute atomic E-state index is 0.0775. The molecule has 0 fully saturated rings. The Balaban J connectivity index is 4.14. The van der Waals surface area contributed by atoms with Crippen LogP contribution in [0, 0.1) is 0 Å². The van der Waals surface area contributed by atoms with Crippen molar-refractivity contribution in [2.24, 2.45) is 5.73 Å². The van der Waals surface area contributed by atoms with Gasteiger partial charge in [0, 0.05) is 22.8 Å². The lowest BCUT2D eigenvalue weighted by molar-refractivity contribution is -0.138. The van der Waals surface area contributed by atoms with Crippen molar-refractivity contribution in [3.8, 4) is 0 Å². The van der Waals surface area contributed by atoms with Gasteiger partial charge in [-0.2, -0.15) is 0 Å². The van der Waals surface area contributed by atoms with Gasteiger partial charge in [-0.1, -0.05) is 0 Å². The molecule has 4 N–H and O–H groups in total. The van der Waals surface area contributed by atoms with Crippen molar-refractivity contribution in [2.45, 2.75) is 10.6 Å². The first kappa shape index (κ1) is 13.4. The molecule has 0 aliphatic rings. The Hall–Kier alpha value is -0.600. The molecule has 0 rings (SSSR count). The highest BCUT2D eigenvalue weighted by atomic mass is 32.2. The summed E-state index contributed by atoms with van der Waals surface area (Å²) in [5, 5.41) is 17.0. The van der Waals surface area contributed by atoms with Crippen LogP contribution in [0.2, 0.25) is 0 Å². The van der Waals surface area contributed by atoms with Crippen molar-refractivity contribution < 1.29 is 24.0 Å². The van der Waals surface area contributed by atoms with E-state index in [-0.39, 0.29) is 5.75 Å². The van der Waals surface area contributed by atoms with Crippen molar-refractivity contribution in [3.63, 3.8) is 0 Å². The molecular weight excluding hydrogens is 230 g/mol. The summed E-state index contributed by atoms with van der Waals surface area (Å²) in [7, 11) is -1.55. The molecule has 0 spiro atoms. The van der Waals surface area contributed by atoms with Gasteiger partial charge in [-0.15, -0.1) is 11.8 Å². The molecule has 0 saturated carbocycles. The first-order chi connectivity index (χ1) is 6.36. The van der Waals surface area contributed by atoms with Crippen LogP contribution in [0.25, 0.3) is 0 Å². The number of hydrogen-bond donors (Lipinski definition) is 3. The van der Waals surface area contributed by atoms with E-state index < -0.39 is 33.4 Å². The van der Waals surface area contributed by atoms with E-state index in [4.69, 9.17) is 15.9 Å². The first-order valence-electron chi connectivity index (χ1n) is 3.51. The van der Waals surface area contributed by atoms with Gasteiger partial charge in [0.15, 0.2) is 4.58 Å². The van der Waals surface area contributed by atoms with E-state index in [1.807, 2.05) is 0 Å². The minimum Gasteiger partial charge on any atom is -0.480 e. The summed E-state index contributed by atoms with van der Waals surface area (Å²) < 4.78 is 9.76. The highest BCUT2D eigenvalue weighted by Crippen LogP contribution is 2.15. The van der Waals surface area contributed by atoms with Crippen LogP contribution in [0.3, 0.4) is 0 Å². The standard InChI is InChI=1S/C6H11NO5S2/c1-14(12)6(5(10)11)13-2-3(7)4(8)9/h3,6H,2,7H2,1H3,(H,8,9)(H,10,11). The second kappa shape index (κ2) is 5.99. The fourth-order valence-corrected chi connectivity index (χ4v) is 2.52. The average molecular weight is 241 g/mol. The monoisotopic (exact) mass is 241 g/mol. The molecular formula is C6H11NO5S2. The summed E-state index contributed by atoms with van der Waals surface area (Å²) >= 11 is 0.769. The fourth-order valence-electron chi connectivity index (χ4n) is 0.571. The Morgan fingerprint density at radius 3 is 2.21 bits per heavy atom. The second-order valence-corrected chi connectivity index (χ2v) is 5.35. The van der Waals surface area contributed by atoms with E-state index in [9.17, 15) is 13.8 Å². The lowest BCUT2D eigenvalue weighted by atomic mass is 10.4. The summed E-state index contributed by atoms with van der Waals surface area (Å²) in [6.45, 7) is 0. The second-order valence-electron chi connectivity index (χ2n) is 2.45. The highest BCUT2D eigenvalue weighted by Gasteiger charge is 2.24. The molecule has 0 aromatic carbocycles. The summed E-state index contributed by atoms with van der Waals surface area (Å²) in [5.41, 5.74) is 5.15. The summed E-state index contributed by atoms with van der Waals surface area (Å²) in [4.78, 5) is 20.8. The zero-order chi connectivity index (χ0) is 11.3. The Kier molecular flexibility index (Phi) is 5.73. The molecule has 3 unspecified atom stereocenters. The summed E-state index contributed by atoms with van der Waals surface area (Å²) in [5.74, 6) is -2.51. The van der Waals surface area contributed by atoms with Crippen LogP contribution in [0.1, 0.15) is 0 Å². The number of carboxylic acid groups (broad SMARTS) is 2. The van der Waals surface area contributed by atoms with Crippen LogP contribution >= 0.6 is 11.8 Å². The maximum atomic E-state index is 10.9. The van der Waals surface area contributed by atoms with Crippen molar-refractivity contribution in [1.29, 1.82) is 0 Å². The molecule has 0 amide bonds. The SMILES string of the molecule is CS(=O)C(SCC(N)C(=O)O)C(=O)O. The molecule has 0 saturated heterocycles. The number of thioether (sulfide) groups is 1. The number of carbonyl (C=O) groups is 2. The van der Waals surface area contributed by atoms with Crippen LogP contribution in [-0.4, -0.2) is 49.0 Å². The van der Waals surface area contributed by atoms with E-state index in [0.717, 1.165) is 11.8 Å². The number of carboxylic acids is 2. The van der Waals surface area contributed by atoms with Gasteiger partial charge in [-0.3, -0.25) is 13.8 Å². The topological polar surface area (TPSA) is 118 Å². The number of aliphatic carboxylic acids is 2. The van der Waals surface area contributed by atoms with Crippen LogP contribution < -0.4 is 5.73 Å². The van der Waals surface area contributed by atoms with E-state index in [1.165, 1.54) is 6.26 Å². The average Bonchev–Trinajstić information content (AvgIpc) is 2.02. The Bertz CT molecular complexity index is 243. The van der Waals surface area contributed by atoms with Crippen LogP contribution in [-0.2, 0) is 20.4 Å². The molecule has 3 atom stereocenters. The smallest absolute Gasteiger partial charge is 0.329 e. The van der Waals surface area contributed by atoms with Gasteiger partial charge in [0.1, 0.15) is 6.04 Å². The Morgan fingerprint density at radius 1 is 1.43 bits per heavy atom. The molecule has 0 aliphatic carbocycles. The third kappa shape index (κ3) is 4.58. The highest BCUT2D eigenvalue weighted by molar-refractivity contribution is 8.12. The summed E-state index contributed by atoms with van der Waals surface area (Å²) in [6, 6.07) is -1.13. The van der Waals surface area contributed by atoms with Crippen LogP contribution in [0.15, 0.2) is 0 Å². The van der Waals surface area contributed by atoms with E-state index in [2.05, 4.69) is 0 Å². The Labute approximate surface area is 87.3 Å². The zero-order valence-electron chi connectivity index (χ0n) is 7.37. The van der Waals surface area contributed by atoms with Crippen molar-refractivity contribution >= 4 is 34.5 Å². The van der Waals surface area contributed by atoms with Crippen LogP contribution in [0.4, 0.5) is 0 Å². The normalized spacial score (nSPS) is 17.0. The molecule has 8 heteroatoms. The van der Waals surface area contributed by atoms with Gasteiger partial charge < -0.3 is 15.9 Å². The quantitative estimate of drug-likeness (QED) is 0.541. The van der Waals surface area contributed by atoms with E-state index >= 15 is 0 Å². The van der Waals surface area contributed by atoms with Gasteiger partial charge >= 0.3 is 11.9 Å². The number of hydrogen-bond acceptors (Lipinski definition) is 5. The third-order valence-corrected chi connectivity index (χ3v) is 4.33. The maximum absolute atomic E-state index is 10.9. The lowest BCUT2D eigenvalue weighted by Gasteiger charge is -2.10. The van der Waals surface area contributed by atoms with Gasteiger partial charge in [-0.25, -0.2) is 0 Å². The molecule has 0 radical (unpaired) electrons. The molecule has 6 nitrogen and oxygen atoms in total. The number of rotatable bonds is 6. The lowest BCUT2D eigenvalue weighted by Crippen LogP contribution is -2.34. The predicted octanol–water partition coefficient (Wildman–Crippen LogP) is -1.08. The maximum Gasteiger partial charge on any atom is 0.329 e. The molecule has 14 heavy (non-hydrogen) atoms. The zero-order valence-corrected chi connectivity index (χ0v) is 9.01. The van der Waals surface area contributed by atoms with Gasteiger partial charge in [0.25, 0.3) is 0 Å². The van der Waals surface area contributed by atoms with E-state index in [1.54, 1.807) is 0 Å². The van der Waals surface area contributed by atoms with Gasteiger partial charge in [0.2, 0.25) is 0 Å². The Morgan fingerprint density at radius 2 is 1.93 bits per heavy atom. The van der Waals surface area contributed by atoms with Crippen molar-refractivity contribution in [2.75, 3.05) is 12.0 Å². The minimum atomic E-state index is -1.55. The predicted molar refractivity (Wildman–Crippen MR) is 53.6 cm³/mol. The van der Waals surface area contributed by atoms with Crippen molar-refractivity contribution in [3.05, 3.63) is 0 Å². The largest absolute Gasteiger partial charge is 0.480 e. The number of nitrogens with two attached hydrogens (primary N) is 1. The van der Waals surface area contributed by atoms with Gasteiger partial charge in [-0.05, 0) is 0 Å². The summed E-state index contributed by atoms with van der Waals surface area (Å²) in [6.07, 6.45) is 1.25. The molecule has 0 aliphatic heterocycles. The first-order valence-corrected chi connectivity index (χ1v) is 6.18. The molecule has 82 valence electrons. The third-order valence-electron chi connectivity index (χ3n) is 1.25. The van der Waals surface area contributed by atoms with Crippen molar-refractivity contribution in [1.82, 2.24) is 0 Å². The molecule has 0 heterocycles. The van der Waals surface area contributed by atoms with Crippen LogP contribution in [0.5, 0.6) is 0 Å². The molecule has 0 aromatic heterocycles. The fraction of sp³-hybridized carbons (Fsp3) is 0.667. The van der Waals surface area contributed by atoms with Gasteiger partial charge in [0.05, 0.1) is 0 Å². The molecule has 0 bridgehead atoms. The molecule has 0 aromatic rings. The van der Waals surface area contributed by atoms with E-state index in [0.29, 0.717) is 0 Å².